The smallest absolute Gasteiger partial charge is 0.106 e. The van der Waals surface area contributed by atoms with Gasteiger partial charge < -0.3 is 9.38 Å². The first-order valence-corrected chi connectivity index (χ1v) is 9.85. The lowest BCUT2D eigenvalue weighted by atomic mass is 9.98. The number of hydrogen-bond donors (Lipinski definition) is 0. The summed E-state index contributed by atoms with van der Waals surface area (Å²) >= 11 is 0. The lowest BCUT2D eigenvalue weighted by Gasteiger charge is -2.45. The molecule has 0 N–H and O–H groups in total. The van der Waals surface area contributed by atoms with Crippen molar-refractivity contribution in [2.75, 3.05) is 32.1 Å². The van der Waals surface area contributed by atoms with Crippen molar-refractivity contribution in [3.63, 3.8) is 0 Å². The fourth-order valence-corrected chi connectivity index (χ4v) is 4.81. The molecule has 0 spiro atoms. The first-order chi connectivity index (χ1) is 12.1. The summed E-state index contributed by atoms with van der Waals surface area (Å²) in [6.45, 7) is 2.49. The number of fused-ring (bicyclic) bond motifs is 1. The van der Waals surface area contributed by atoms with Crippen LogP contribution in [0.25, 0.3) is 0 Å². The van der Waals surface area contributed by atoms with Crippen LogP contribution in [0.1, 0.15) is 30.4 Å². The Morgan fingerprint density at radius 1 is 0.880 bits per heavy atom. The molecule has 2 heteroatoms. The summed E-state index contributed by atoms with van der Waals surface area (Å²) in [6.07, 6.45) is 6.50. The van der Waals surface area contributed by atoms with Crippen LogP contribution in [0.5, 0.6) is 0 Å². The van der Waals surface area contributed by atoms with E-state index >= 15 is 0 Å². The van der Waals surface area contributed by atoms with E-state index in [0.29, 0.717) is 6.04 Å². The molecule has 0 saturated carbocycles. The van der Waals surface area contributed by atoms with Crippen molar-refractivity contribution in [3.8, 4) is 0 Å². The molecule has 132 valence electrons. The summed E-state index contributed by atoms with van der Waals surface area (Å²) < 4.78 is 1.17. The minimum absolute atomic E-state index is 0.599. The second-order valence-electron chi connectivity index (χ2n) is 8.47. The van der Waals surface area contributed by atoms with Gasteiger partial charge in [0.15, 0.2) is 0 Å². The molecule has 1 unspecified atom stereocenters. The van der Waals surface area contributed by atoms with Crippen LogP contribution in [-0.2, 0) is 12.8 Å². The van der Waals surface area contributed by atoms with Crippen LogP contribution in [-0.4, -0.2) is 43.8 Å². The van der Waals surface area contributed by atoms with Crippen molar-refractivity contribution in [3.05, 3.63) is 65.7 Å². The van der Waals surface area contributed by atoms with E-state index in [4.69, 9.17) is 0 Å². The van der Waals surface area contributed by atoms with E-state index in [1.165, 1.54) is 55.4 Å². The molecule has 0 bridgehead atoms. The predicted octanol–water partition coefficient (Wildman–Crippen LogP) is 4.29. The number of quaternary nitrogens is 1. The van der Waals surface area contributed by atoms with Crippen molar-refractivity contribution >= 4 is 5.69 Å². The van der Waals surface area contributed by atoms with Crippen molar-refractivity contribution in [2.24, 2.45) is 0 Å². The Labute approximate surface area is 152 Å². The Balaban J connectivity index is 1.60. The first kappa shape index (κ1) is 16.7. The molecule has 1 aliphatic carbocycles. The Kier molecular flexibility index (Phi) is 4.56. The summed E-state index contributed by atoms with van der Waals surface area (Å²) in [6, 6.07) is 21.4. The normalized spacial score (nSPS) is 22.6. The molecule has 25 heavy (non-hydrogen) atoms. The molecule has 2 aromatic rings. The fraction of sp³-hybridized carbons (Fsp3) is 0.478. The maximum Gasteiger partial charge on any atom is 0.106 e. The second-order valence-corrected chi connectivity index (χ2v) is 8.47. The van der Waals surface area contributed by atoms with Gasteiger partial charge in [-0.2, -0.15) is 0 Å². The van der Waals surface area contributed by atoms with Gasteiger partial charge in [-0.15, -0.1) is 0 Å². The SMILES string of the molecule is C[N+]1(C)CCCCC1CN(c1ccccc1)C1Cc2ccccc2C1. The second kappa shape index (κ2) is 6.84. The summed E-state index contributed by atoms with van der Waals surface area (Å²) in [7, 11) is 4.85. The zero-order chi connectivity index (χ0) is 17.3. The van der Waals surface area contributed by atoms with E-state index < -0.39 is 0 Å². The Morgan fingerprint density at radius 2 is 1.52 bits per heavy atom. The number of likely N-dealkylation sites (tertiary alicyclic amines) is 1. The summed E-state index contributed by atoms with van der Waals surface area (Å²) in [4.78, 5) is 2.72. The van der Waals surface area contributed by atoms with Gasteiger partial charge >= 0.3 is 0 Å². The average Bonchev–Trinajstić information content (AvgIpc) is 3.05. The van der Waals surface area contributed by atoms with Crippen LogP contribution < -0.4 is 4.90 Å². The van der Waals surface area contributed by atoms with Crippen LogP contribution >= 0.6 is 0 Å². The van der Waals surface area contributed by atoms with E-state index in [-0.39, 0.29) is 0 Å². The monoisotopic (exact) mass is 335 g/mol. The molecule has 1 heterocycles. The standard InChI is InChI=1S/C23H31N2/c1-25(2)15-9-8-14-23(25)18-24(21-12-4-3-5-13-21)22-16-19-10-6-7-11-20(19)17-22/h3-7,10-13,22-23H,8-9,14-18H2,1-2H3/q+1. The number of para-hydroxylation sites is 1. The Bertz CT molecular complexity index is 682. The number of hydrogen-bond acceptors (Lipinski definition) is 1. The summed E-state index contributed by atoms with van der Waals surface area (Å²) in [5.41, 5.74) is 4.49. The molecule has 0 amide bonds. The van der Waals surface area contributed by atoms with Gasteiger partial charge in [-0.3, -0.25) is 0 Å². The minimum Gasteiger partial charge on any atom is -0.362 e. The van der Waals surface area contributed by atoms with Crippen LogP contribution in [0.15, 0.2) is 54.6 Å². The van der Waals surface area contributed by atoms with Crippen molar-refractivity contribution in [1.29, 1.82) is 0 Å². The highest BCUT2D eigenvalue weighted by Gasteiger charge is 2.36. The lowest BCUT2D eigenvalue weighted by Crippen LogP contribution is -2.57. The maximum absolute atomic E-state index is 2.72. The number of likely N-dealkylation sites (N-methyl/N-ethyl adjacent to an activating group) is 1. The highest BCUT2D eigenvalue weighted by molar-refractivity contribution is 5.50. The lowest BCUT2D eigenvalue weighted by molar-refractivity contribution is -0.918. The fourth-order valence-electron chi connectivity index (χ4n) is 4.81. The summed E-state index contributed by atoms with van der Waals surface area (Å²) in [5.74, 6) is 0. The number of anilines is 1. The van der Waals surface area contributed by atoms with E-state index in [2.05, 4.69) is 73.6 Å². The third kappa shape index (κ3) is 3.46. The average molecular weight is 336 g/mol. The quantitative estimate of drug-likeness (QED) is 0.754. The highest BCUT2D eigenvalue weighted by Crippen LogP contribution is 2.31. The van der Waals surface area contributed by atoms with Gasteiger partial charge in [-0.1, -0.05) is 42.5 Å². The number of benzene rings is 2. The maximum atomic E-state index is 2.72. The van der Waals surface area contributed by atoms with Crippen molar-refractivity contribution in [1.82, 2.24) is 0 Å². The topological polar surface area (TPSA) is 3.24 Å². The molecule has 1 saturated heterocycles. The third-order valence-corrected chi connectivity index (χ3v) is 6.48. The molecule has 2 aliphatic rings. The molecule has 4 rings (SSSR count). The van der Waals surface area contributed by atoms with Gasteiger partial charge in [0, 0.05) is 18.2 Å². The van der Waals surface area contributed by atoms with E-state index in [1.54, 1.807) is 11.1 Å². The number of rotatable bonds is 4. The predicted molar refractivity (Wildman–Crippen MR) is 106 cm³/mol. The van der Waals surface area contributed by atoms with Crippen LogP contribution in [0.3, 0.4) is 0 Å². The van der Waals surface area contributed by atoms with Gasteiger partial charge in [0.25, 0.3) is 0 Å². The van der Waals surface area contributed by atoms with Crippen molar-refractivity contribution < 1.29 is 4.48 Å². The molecule has 2 aromatic carbocycles. The first-order valence-electron chi connectivity index (χ1n) is 9.85. The highest BCUT2D eigenvalue weighted by atomic mass is 15.4. The Hall–Kier alpha value is -1.80. The molecule has 2 nitrogen and oxygen atoms in total. The molecule has 1 atom stereocenters. The zero-order valence-electron chi connectivity index (χ0n) is 15.7. The van der Waals surface area contributed by atoms with E-state index in [1.807, 2.05) is 0 Å². The molecule has 1 aliphatic heterocycles. The molecular weight excluding hydrogens is 304 g/mol. The van der Waals surface area contributed by atoms with E-state index in [0.717, 1.165) is 6.04 Å². The molecule has 1 fully saturated rings. The minimum atomic E-state index is 0.599. The number of piperidine rings is 1. The van der Waals surface area contributed by atoms with Gasteiger partial charge in [0.1, 0.15) is 6.04 Å². The van der Waals surface area contributed by atoms with E-state index in [9.17, 15) is 0 Å². The van der Waals surface area contributed by atoms with Gasteiger partial charge in [-0.25, -0.2) is 0 Å². The third-order valence-electron chi connectivity index (χ3n) is 6.48. The van der Waals surface area contributed by atoms with Gasteiger partial charge in [0.2, 0.25) is 0 Å². The molecule has 0 aromatic heterocycles. The van der Waals surface area contributed by atoms with Crippen LogP contribution in [0.4, 0.5) is 5.69 Å². The Morgan fingerprint density at radius 3 is 2.16 bits per heavy atom. The zero-order valence-corrected chi connectivity index (χ0v) is 15.7. The summed E-state index contributed by atoms with van der Waals surface area (Å²) in [5, 5.41) is 0. The largest absolute Gasteiger partial charge is 0.362 e. The number of nitrogens with zero attached hydrogens (tertiary/aromatic N) is 2. The van der Waals surface area contributed by atoms with Crippen molar-refractivity contribution in [2.45, 2.75) is 44.2 Å². The van der Waals surface area contributed by atoms with Crippen LogP contribution in [0, 0.1) is 0 Å². The molecular formula is C23H31N2+. The molecule has 0 radical (unpaired) electrons. The van der Waals surface area contributed by atoms with Gasteiger partial charge in [0.05, 0.1) is 27.2 Å². The van der Waals surface area contributed by atoms with Gasteiger partial charge in [-0.05, 0) is 48.9 Å². The van der Waals surface area contributed by atoms with Crippen LogP contribution in [0.2, 0.25) is 0 Å².